The van der Waals surface area contributed by atoms with Gasteiger partial charge in [0.1, 0.15) is 0 Å². The van der Waals surface area contributed by atoms with Gasteiger partial charge in [-0.2, -0.15) is 0 Å². The highest BCUT2D eigenvalue weighted by Crippen LogP contribution is 2.43. The fraction of sp³-hybridized carbons (Fsp3) is 1.00. The van der Waals surface area contributed by atoms with Crippen molar-refractivity contribution in [3.8, 4) is 0 Å². The first-order valence-electron chi connectivity index (χ1n) is 6.34. The van der Waals surface area contributed by atoms with Gasteiger partial charge in [-0.3, -0.25) is 31.1 Å². The fourth-order valence-electron chi connectivity index (χ4n) is 1.50. The van der Waals surface area contributed by atoms with Gasteiger partial charge >= 0.3 is 0 Å². The Morgan fingerprint density at radius 1 is 0.579 bits per heavy atom. The highest BCUT2D eigenvalue weighted by atomic mass is 32.7. The third-order valence-electron chi connectivity index (χ3n) is 2.37. The molecule has 0 aliphatic carbocycles. The normalized spacial score (nSPS) is 12.8. The Hall–Kier alpha value is 1.00. The molecule has 6 nitrogen and oxygen atoms in total. The Morgan fingerprint density at radius 3 is 1.11 bits per heavy atom. The van der Waals surface area contributed by atoms with Crippen LogP contribution < -0.4 is 22.0 Å². The molecule has 19 heavy (non-hydrogen) atoms. The molecule has 116 valence electrons. The zero-order valence-electron chi connectivity index (χ0n) is 11.2. The van der Waals surface area contributed by atoms with Crippen molar-refractivity contribution in [2.75, 3.05) is 11.5 Å². The van der Waals surface area contributed by atoms with Crippen LogP contribution in [0.4, 0.5) is 0 Å². The summed E-state index contributed by atoms with van der Waals surface area (Å²) in [6.07, 6.45) is 7.75. The summed E-state index contributed by atoms with van der Waals surface area (Å²) in [4.78, 5) is 0. The first-order valence-corrected chi connectivity index (χ1v) is 13.2. The molecule has 0 atom stereocenters. The van der Waals surface area contributed by atoms with Crippen molar-refractivity contribution in [2.24, 2.45) is 22.0 Å². The van der Waals surface area contributed by atoms with Gasteiger partial charge in [-0.1, -0.05) is 54.9 Å². The molecular formula is C9H26N4O2P2S2. The minimum atomic E-state index is -2.88. The molecule has 0 unspecified atom stereocenters. The Kier molecular flexibility index (Phi) is 11.2. The van der Waals surface area contributed by atoms with Crippen molar-refractivity contribution in [1.82, 2.24) is 0 Å². The van der Waals surface area contributed by atoms with Crippen LogP contribution in [0.2, 0.25) is 0 Å². The van der Waals surface area contributed by atoms with Crippen LogP contribution in [0.5, 0.6) is 0 Å². The molecule has 8 N–H and O–H groups in total. The van der Waals surface area contributed by atoms with E-state index in [1.54, 1.807) is 0 Å². The van der Waals surface area contributed by atoms with Gasteiger partial charge in [0.05, 0.1) is 0 Å². The third kappa shape index (κ3) is 19.0. The van der Waals surface area contributed by atoms with Crippen molar-refractivity contribution in [1.29, 1.82) is 0 Å². The van der Waals surface area contributed by atoms with Gasteiger partial charge in [-0.25, -0.2) is 0 Å². The first kappa shape index (κ1) is 20.0. The van der Waals surface area contributed by atoms with Crippen molar-refractivity contribution >= 4 is 36.1 Å². The maximum atomic E-state index is 11.0. The standard InChI is InChI=1S/C9H26N4O2P2S2/c10-16(11,14)18-8-6-4-2-1-3-5-7-9-19-17(12,13)15/h1-9H2,(H4,10,11,14)(H4,12,13,15). The third-order valence-corrected chi connectivity index (χ3v) is 7.64. The van der Waals surface area contributed by atoms with Gasteiger partial charge in [0.2, 0.25) is 0 Å². The van der Waals surface area contributed by atoms with E-state index in [1.807, 2.05) is 0 Å². The second-order valence-electron chi connectivity index (χ2n) is 4.43. The van der Waals surface area contributed by atoms with Gasteiger partial charge in [0, 0.05) is 11.5 Å². The highest BCUT2D eigenvalue weighted by Gasteiger charge is 2.08. The van der Waals surface area contributed by atoms with Crippen LogP contribution in [0.1, 0.15) is 44.9 Å². The van der Waals surface area contributed by atoms with Crippen LogP contribution in [0.25, 0.3) is 0 Å². The van der Waals surface area contributed by atoms with Crippen LogP contribution in [-0.4, -0.2) is 11.5 Å². The van der Waals surface area contributed by atoms with Gasteiger partial charge < -0.3 is 0 Å². The average Bonchev–Trinajstić information content (AvgIpc) is 2.22. The van der Waals surface area contributed by atoms with E-state index in [0.29, 0.717) is 0 Å². The van der Waals surface area contributed by atoms with Crippen molar-refractivity contribution in [2.45, 2.75) is 44.9 Å². The molecule has 0 bridgehead atoms. The molecule has 10 heteroatoms. The molecule has 0 amide bonds. The predicted octanol–water partition coefficient (Wildman–Crippen LogP) is 3.23. The van der Waals surface area contributed by atoms with Crippen LogP contribution in [-0.2, 0) is 9.13 Å². The van der Waals surface area contributed by atoms with Crippen LogP contribution in [0.15, 0.2) is 0 Å². The lowest BCUT2D eigenvalue weighted by Gasteiger charge is -2.06. The quantitative estimate of drug-likeness (QED) is 0.311. The van der Waals surface area contributed by atoms with Gasteiger partial charge in [-0.05, 0) is 12.8 Å². The molecule has 0 radical (unpaired) electrons. The Bertz CT molecular complexity index is 291. The highest BCUT2D eigenvalue weighted by molar-refractivity contribution is 8.57. The topological polar surface area (TPSA) is 138 Å². The number of hydrogen-bond acceptors (Lipinski definition) is 4. The summed E-state index contributed by atoms with van der Waals surface area (Å²) in [6.45, 7) is -5.76. The van der Waals surface area contributed by atoms with Crippen LogP contribution >= 0.6 is 36.1 Å². The van der Waals surface area contributed by atoms with Crippen molar-refractivity contribution in [3.05, 3.63) is 0 Å². The zero-order chi connectivity index (χ0) is 14.8. The first-order chi connectivity index (χ1) is 8.71. The minimum absolute atomic E-state index is 0.767. The van der Waals surface area contributed by atoms with E-state index in [-0.39, 0.29) is 0 Å². The lowest BCUT2D eigenvalue weighted by molar-refractivity contribution is 0.585. The SMILES string of the molecule is NP(N)(=O)SCCCCCCCCCSP(N)(N)=O. The molecule has 0 aliphatic heterocycles. The Balaban J connectivity index is 3.16. The second kappa shape index (κ2) is 10.7. The van der Waals surface area contributed by atoms with Gasteiger partial charge in [0.25, 0.3) is 13.3 Å². The van der Waals surface area contributed by atoms with E-state index in [0.717, 1.165) is 37.2 Å². The number of unbranched alkanes of at least 4 members (excludes halogenated alkanes) is 6. The Labute approximate surface area is 124 Å². The summed E-state index contributed by atoms with van der Waals surface area (Å²) < 4.78 is 22.0. The lowest BCUT2D eigenvalue weighted by atomic mass is 10.1. The molecule has 0 rings (SSSR count). The fourth-order valence-corrected chi connectivity index (χ4v) is 5.23. The van der Waals surface area contributed by atoms with E-state index in [1.165, 1.54) is 42.0 Å². The number of nitrogens with two attached hydrogens (primary N) is 4. The zero-order valence-corrected chi connectivity index (χ0v) is 14.6. The molecular weight excluding hydrogens is 322 g/mol. The van der Waals surface area contributed by atoms with Crippen LogP contribution in [0.3, 0.4) is 0 Å². The van der Waals surface area contributed by atoms with Gasteiger partial charge in [-0.15, -0.1) is 0 Å². The molecule has 0 saturated carbocycles. The van der Waals surface area contributed by atoms with E-state index >= 15 is 0 Å². The molecule has 0 aromatic carbocycles. The molecule has 0 aromatic rings. The van der Waals surface area contributed by atoms with E-state index in [4.69, 9.17) is 22.0 Å². The number of rotatable bonds is 12. The smallest absolute Gasteiger partial charge is 0.261 e. The van der Waals surface area contributed by atoms with Crippen LogP contribution in [0, 0.1) is 0 Å². The summed E-state index contributed by atoms with van der Waals surface area (Å²) in [7, 11) is 0. The summed E-state index contributed by atoms with van der Waals surface area (Å²) >= 11 is 2.34. The Morgan fingerprint density at radius 2 is 0.842 bits per heavy atom. The van der Waals surface area contributed by atoms with E-state index in [2.05, 4.69) is 0 Å². The minimum Gasteiger partial charge on any atom is -0.277 e. The summed E-state index contributed by atoms with van der Waals surface area (Å²) in [5, 5.41) is 0. The summed E-state index contributed by atoms with van der Waals surface area (Å²) in [6, 6.07) is 0. The average molecular weight is 348 g/mol. The summed E-state index contributed by atoms with van der Waals surface area (Å²) in [5.41, 5.74) is 20.9. The molecule has 0 spiro atoms. The summed E-state index contributed by atoms with van der Waals surface area (Å²) in [5.74, 6) is 1.53. The predicted molar refractivity (Wildman–Crippen MR) is 89.2 cm³/mol. The monoisotopic (exact) mass is 348 g/mol. The van der Waals surface area contributed by atoms with Crippen molar-refractivity contribution < 1.29 is 9.13 Å². The molecule has 0 saturated heterocycles. The maximum Gasteiger partial charge on any atom is 0.261 e. The largest absolute Gasteiger partial charge is 0.277 e. The number of hydrogen-bond donors (Lipinski definition) is 4. The molecule has 0 aromatic heterocycles. The lowest BCUT2D eigenvalue weighted by Crippen LogP contribution is -2.00. The molecule has 0 fully saturated rings. The molecule has 0 heterocycles. The van der Waals surface area contributed by atoms with Crippen molar-refractivity contribution in [3.63, 3.8) is 0 Å². The molecule has 0 aliphatic rings. The van der Waals surface area contributed by atoms with E-state index in [9.17, 15) is 9.13 Å². The van der Waals surface area contributed by atoms with Gasteiger partial charge in [0.15, 0.2) is 0 Å². The van der Waals surface area contributed by atoms with E-state index < -0.39 is 13.3 Å². The second-order valence-corrected chi connectivity index (χ2v) is 13.3. The maximum absolute atomic E-state index is 11.0.